The fraction of sp³-hybridized carbons (Fsp3) is 0.286. The number of hydrogen-bond donors (Lipinski definition) is 1. The number of nitrogens with zero attached hydrogens (tertiary/aromatic N) is 3. The summed E-state index contributed by atoms with van der Waals surface area (Å²) in [7, 11) is 1.99. The van der Waals surface area contributed by atoms with Crippen molar-refractivity contribution in [2.45, 2.75) is 19.9 Å². The molecule has 0 saturated carbocycles. The summed E-state index contributed by atoms with van der Waals surface area (Å²) in [6.45, 7) is 4.16. The Morgan fingerprint density at radius 3 is 2.56 bits per heavy atom. The van der Waals surface area contributed by atoms with Gasteiger partial charge in [-0.25, -0.2) is 9.98 Å². The van der Waals surface area contributed by atoms with Crippen LogP contribution in [-0.4, -0.2) is 21.9 Å². The van der Waals surface area contributed by atoms with Crippen molar-refractivity contribution in [3.63, 3.8) is 0 Å². The molecule has 94 valence electrons. The van der Waals surface area contributed by atoms with Crippen LogP contribution in [0.5, 0.6) is 0 Å². The molecular weight excluding hydrogens is 224 g/mol. The van der Waals surface area contributed by atoms with Gasteiger partial charge in [-0.2, -0.15) is 0 Å². The van der Waals surface area contributed by atoms with Crippen molar-refractivity contribution in [1.29, 1.82) is 0 Å². The number of rotatable bonds is 4. The van der Waals surface area contributed by atoms with E-state index in [2.05, 4.69) is 41.3 Å². The minimum Gasteiger partial charge on any atom is -0.374 e. The van der Waals surface area contributed by atoms with E-state index in [9.17, 15) is 0 Å². The van der Waals surface area contributed by atoms with Crippen LogP contribution in [0.25, 0.3) is 11.3 Å². The normalized spacial score (nSPS) is 11.3. The zero-order valence-corrected chi connectivity index (χ0v) is 11.0. The standard InChI is InChI=1S/C14H18N4/c1-11(2)16-9-17-13-6-4-12(5-7-13)14-8-15-10-18(14)3/h4-11H,1-3H3,(H,16,17). The van der Waals surface area contributed by atoms with Crippen LogP contribution in [0.1, 0.15) is 13.8 Å². The Bertz CT molecular complexity index is 523. The van der Waals surface area contributed by atoms with Gasteiger partial charge in [0.25, 0.3) is 0 Å². The molecule has 0 atom stereocenters. The molecule has 0 saturated heterocycles. The van der Waals surface area contributed by atoms with E-state index in [0.717, 1.165) is 16.9 Å². The highest BCUT2D eigenvalue weighted by Crippen LogP contribution is 2.21. The summed E-state index contributed by atoms with van der Waals surface area (Å²) in [4.78, 5) is 8.45. The smallest absolute Gasteiger partial charge is 0.0948 e. The second-order valence-corrected chi connectivity index (χ2v) is 4.52. The van der Waals surface area contributed by atoms with Crippen LogP contribution < -0.4 is 5.32 Å². The fourth-order valence-corrected chi connectivity index (χ4v) is 1.61. The average molecular weight is 242 g/mol. The maximum absolute atomic E-state index is 4.33. The average Bonchev–Trinajstić information content (AvgIpc) is 2.76. The molecule has 0 unspecified atom stereocenters. The highest BCUT2D eigenvalue weighted by Gasteiger charge is 2.01. The Labute approximate surface area is 107 Å². The van der Waals surface area contributed by atoms with E-state index in [1.807, 2.05) is 29.9 Å². The lowest BCUT2D eigenvalue weighted by Crippen LogP contribution is -2.19. The van der Waals surface area contributed by atoms with Gasteiger partial charge >= 0.3 is 0 Å². The van der Waals surface area contributed by atoms with Crippen LogP contribution >= 0.6 is 0 Å². The van der Waals surface area contributed by atoms with Gasteiger partial charge in [0.2, 0.25) is 0 Å². The first-order valence-corrected chi connectivity index (χ1v) is 6.02. The molecule has 2 rings (SSSR count). The molecule has 18 heavy (non-hydrogen) atoms. The van der Waals surface area contributed by atoms with Crippen LogP contribution in [0, 0.1) is 0 Å². The lowest BCUT2D eigenvalue weighted by Gasteiger charge is -2.04. The summed E-state index contributed by atoms with van der Waals surface area (Å²) in [5.74, 6) is 0. The summed E-state index contributed by atoms with van der Waals surface area (Å²) in [5.41, 5.74) is 3.19. The number of imidazole rings is 1. The van der Waals surface area contributed by atoms with Crippen molar-refractivity contribution >= 4 is 12.0 Å². The molecule has 1 aromatic carbocycles. The van der Waals surface area contributed by atoms with Crippen LogP contribution in [0.2, 0.25) is 0 Å². The minimum atomic E-state index is 0.405. The quantitative estimate of drug-likeness (QED) is 0.661. The summed E-state index contributed by atoms with van der Waals surface area (Å²) in [6, 6.07) is 8.52. The van der Waals surface area contributed by atoms with Gasteiger partial charge in [-0.3, -0.25) is 0 Å². The first kappa shape index (κ1) is 12.4. The number of hydrogen-bond acceptors (Lipinski definition) is 2. The molecule has 0 aliphatic heterocycles. The fourth-order valence-electron chi connectivity index (χ4n) is 1.61. The maximum atomic E-state index is 4.33. The SMILES string of the molecule is CC(C)NC=Nc1ccc(-c2cncn2C)cc1. The molecule has 4 nitrogen and oxygen atoms in total. The highest BCUT2D eigenvalue weighted by atomic mass is 15.0. The first-order valence-electron chi connectivity index (χ1n) is 6.02. The summed E-state index contributed by atoms with van der Waals surface area (Å²) < 4.78 is 2.00. The van der Waals surface area contributed by atoms with Gasteiger partial charge in [-0.05, 0) is 31.5 Å². The summed E-state index contributed by atoms with van der Waals surface area (Å²) in [5, 5.41) is 3.14. The Hall–Kier alpha value is -2.10. The van der Waals surface area contributed by atoms with Crippen molar-refractivity contribution in [1.82, 2.24) is 14.9 Å². The van der Waals surface area contributed by atoms with Gasteiger partial charge in [0.05, 0.1) is 30.2 Å². The predicted molar refractivity (Wildman–Crippen MR) is 75.1 cm³/mol. The van der Waals surface area contributed by atoms with Gasteiger partial charge in [0.15, 0.2) is 0 Å². The van der Waals surface area contributed by atoms with Crippen LogP contribution in [-0.2, 0) is 7.05 Å². The van der Waals surface area contributed by atoms with E-state index in [4.69, 9.17) is 0 Å². The second kappa shape index (κ2) is 5.49. The van der Waals surface area contributed by atoms with Gasteiger partial charge in [-0.15, -0.1) is 0 Å². The number of aromatic nitrogens is 2. The van der Waals surface area contributed by atoms with E-state index >= 15 is 0 Å². The van der Waals surface area contributed by atoms with E-state index in [1.54, 1.807) is 12.7 Å². The van der Waals surface area contributed by atoms with Gasteiger partial charge in [0.1, 0.15) is 0 Å². The van der Waals surface area contributed by atoms with Crippen LogP contribution in [0.4, 0.5) is 5.69 Å². The van der Waals surface area contributed by atoms with Gasteiger partial charge in [0, 0.05) is 13.1 Å². The Morgan fingerprint density at radius 2 is 2.00 bits per heavy atom. The van der Waals surface area contributed by atoms with Crippen LogP contribution in [0.15, 0.2) is 41.8 Å². The number of aliphatic imine (C=N–C) groups is 1. The molecular formula is C14H18N4. The van der Waals surface area contributed by atoms with Crippen molar-refractivity contribution in [3.05, 3.63) is 36.8 Å². The predicted octanol–water partition coefficient (Wildman–Crippen LogP) is 2.74. The van der Waals surface area contributed by atoms with Crippen LogP contribution in [0.3, 0.4) is 0 Å². The molecule has 0 aliphatic carbocycles. The largest absolute Gasteiger partial charge is 0.374 e. The minimum absolute atomic E-state index is 0.405. The molecule has 0 fully saturated rings. The first-order chi connectivity index (χ1) is 8.66. The van der Waals surface area contributed by atoms with Gasteiger partial charge < -0.3 is 9.88 Å². The number of nitrogens with one attached hydrogen (secondary N) is 1. The summed E-state index contributed by atoms with van der Waals surface area (Å²) >= 11 is 0. The molecule has 4 heteroatoms. The molecule has 0 bridgehead atoms. The lowest BCUT2D eigenvalue weighted by atomic mass is 10.1. The third kappa shape index (κ3) is 2.97. The molecule has 1 aromatic heterocycles. The van der Waals surface area contributed by atoms with Crippen molar-refractivity contribution in [2.75, 3.05) is 0 Å². The maximum Gasteiger partial charge on any atom is 0.0948 e. The zero-order chi connectivity index (χ0) is 13.0. The Morgan fingerprint density at radius 1 is 1.28 bits per heavy atom. The van der Waals surface area contributed by atoms with E-state index in [-0.39, 0.29) is 0 Å². The third-order valence-corrected chi connectivity index (χ3v) is 2.60. The lowest BCUT2D eigenvalue weighted by molar-refractivity contribution is 0.744. The van der Waals surface area contributed by atoms with E-state index in [0.29, 0.717) is 6.04 Å². The highest BCUT2D eigenvalue weighted by molar-refractivity contribution is 5.65. The molecule has 0 radical (unpaired) electrons. The van der Waals surface area contributed by atoms with Crippen molar-refractivity contribution in [2.24, 2.45) is 12.0 Å². The molecule has 2 aromatic rings. The van der Waals surface area contributed by atoms with Crippen molar-refractivity contribution < 1.29 is 0 Å². The number of benzene rings is 1. The molecule has 0 spiro atoms. The molecule has 1 heterocycles. The second-order valence-electron chi connectivity index (χ2n) is 4.52. The molecule has 0 amide bonds. The topological polar surface area (TPSA) is 42.2 Å². The van der Waals surface area contributed by atoms with E-state index < -0.39 is 0 Å². The molecule has 0 aliphatic rings. The van der Waals surface area contributed by atoms with Gasteiger partial charge in [-0.1, -0.05) is 12.1 Å². The third-order valence-electron chi connectivity index (χ3n) is 2.60. The summed E-state index contributed by atoms with van der Waals surface area (Å²) in [6.07, 6.45) is 5.40. The van der Waals surface area contributed by atoms with E-state index in [1.165, 1.54) is 0 Å². The Kier molecular flexibility index (Phi) is 3.77. The monoisotopic (exact) mass is 242 g/mol. The number of aryl methyl sites for hydroxylation is 1. The molecule has 1 N–H and O–H groups in total. The van der Waals surface area contributed by atoms with Crippen molar-refractivity contribution in [3.8, 4) is 11.3 Å². The Balaban J connectivity index is 2.11. The zero-order valence-electron chi connectivity index (χ0n) is 11.0.